The second kappa shape index (κ2) is 9.70. The summed E-state index contributed by atoms with van der Waals surface area (Å²) in [7, 11) is 0. The van der Waals surface area contributed by atoms with Crippen molar-refractivity contribution in [3.8, 4) is 0 Å². The second-order valence-corrected chi connectivity index (χ2v) is 7.51. The fourth-order valence-corrected chi connectivity index (χ4v) is 3.73. The van der Waals surface area contributed by atoms with Gasteiger partial charge in [-0.3, -0.25) is 14.7 Å². The fourth-order valence-electron chi connectivity index (χ4n) is 3.73. The van der Waals surface area contributed by atoms with Crippen molar-refractivity contribution in [2.45, 2.75) is 52.5 Å². The lowest BCUT2D eigenvalue weighted by atomic mass is 10.1. The summed E-state index contributed by atoms with van der Waals surface area (Å²) in [5.74, 6) is 0.731. The molecule has 5 nitrogen and oxygen atoms in total. The van der Waals surface area contributed by atoms with E-state index in [0.717, 1.165) is 62.8 Å². The number of hydrogen-bond donors (Lipinski definition) is 1. The average Bonchev–Trinajstić information content (AvgIpc) is 2.68. The number of rotatable bonds is 8. The molecule has 1 aliphatic heterocycles. The standard InChI is InChI=1S/C22H32N4O/c1-3-4-5-9-12-20-18(2)23-22(24-21(20)27)26-15-13-25(14-16-26)17-19-10-7-6-8-11-19/h6-8,10-11H,3-5,9,12-17H2,1-2H3,(H,23,24,27). The summed E-state index contributed by atoms with van der Waals surface area (Å²) in [5, 5.41) is 0. The van der Waals surface area contributed by atoms with Gasteiger partial charge in [0, 0.05) is 44.0 Å². The Bertz CT molecular complexity index is 764. The van der Waals surface area contributed by atoms with Gasteiger partial charge in [-0.15, -0.1) is 0 Å². The van der Waals surface area contributed by atoms with Crippen molar-refractivity contribution in [1.82, 2.24) is 14.9 Å². The minimum Gasteiger partial charge on any atom is -0.340 e. The highest BCUT2D eigenvalue weighted by Crippen LogP contribution is 2.15. The third-order valence-corrected chi connectivity index (χ3v) is 5.41. The lowest BCUT2D eigenvalue weighted by Crippen LogP contribution is -2.47. The Morgan fingerprint density at radius 1 is 1.04 bits per heavy atom. The van der Waals surface area contributed by atoms with Crippen LogP contribution in [-0.4, -0.2) is 41.0 Å². The van der Waals surface area contributed by atoms with Crippen molar-refractivity contribution in [2.75, 3.05) is 31.1 Å². The van der Waals surface area contributed by atoms with Gasteiger partial charge in [0.2, 0.25) is 5.95 Å². The monoisotopic (exact) mass is 368 g/mol. The molecule has 3 rings (SSSR count). The van der Waals surface area contributed by atoms with E-state index >= 15 is 0 Å². The molecule has 27 heavy (non-hydrogen) atoms. The van der Waals surface area contributed by atoms with Crippen LogP contribution in [0.5, 0.6) is 0 Å². The van der Waals surface area contributed by atoms with Crippen LogP contribution in [0.1, 0.15) is 49.4 Å². The number of aryl methyl sites for hydroxylation is 1. The van der Waals surface area contributed by atoms with E-state index < -0.39 is 0 Å². The molecule has 5 heteroatoms. The molecular formula is C22H32N4O. The molecule has 0 amide bonds. The van der Waals surface area contributed by atoms with Gasteiger partial charge in [-0.05, 0) is 25.3 Å². The zero-order valence-electron chi connectivity index (χ0n) is 16.7. The van der Waals surface area contributed by atoms with Crippen LogP contribution in [0.25, 0.3) is 0 Å². The van der Waals surface area contributed by atoms with Gasteiger partial charge in [0.05, 0.1) is 0 Å². The highest BCUT2D eigenvalue weighted by Gasteiger charge is 2.20. The van der Waals surface area contributed by atoms with E-state index in [0.29, 0.717) is 0 Å². The van der Waals surface area contributed by atoms with Gasteiger partial charge in [0.25, 0.3) is 5.56 Å². The van der Waals surface area contributed by atoms with Crippen LogP contribution in [0.4, 0.5) is 5.95 Å². The first-order valence-corrected chi connectivity index (χ1v) is 10.3. The number of aromatic nitrogens is 2. The van der Waals surface area contributed by atoms with E-state index in [1.165, 1.54) is 24.8 Å². The first-order valence-electron chi connectivity index (χ1n) is 10.3. The van der Waals surface area contributed by atoms with E-state index in [1.54, 1.807) is 0 Å². The maximum atomic E-state index is 12.5. The van der Waals surface area contributed by atoms with E-state index in [-0.39, 0.29) is 5.56 Å². The first-order chi connectivity index (χ1) is 13.2. The van der Waals surface area contributed by atoms with Gasteiger partial charge < -0.3 is 4.90 Å². The fraction of sp³-hybridized carbons (Fsp3) is 0.545. The van der Waals surface area contributed by atoms with Crippen molar-refractivity contribution in [3.05, 3.63) is 57.5 Å². The Balaban J connectivity index is 1.57. The normalized spacial score (nSPS) is 15.3. The van der Waals surface area contributed by atoms with E-state index in [2.05, 4.69) is 52.0 Å². The van der Waals surface area contributed by atoms with Crippen LogP contribution in [0.15, 0.2) is 35.1 Å². The molecule has 0 unspecified atom stereocenters. The van der Waals surface area contributed by atoms with Crippen LogP contribution < -0.4 is 10.5 Å². The highest BCUT2D eigenvalue weighted by atomic mass is 16.1. The zero-order chi connectivity index (χ0) is 19.1. The first kappa shape index (κ1) is 19.6. The van der Waals surface area contributed by atoms with Crippen LogP contribution in [-0.2, 0) is 13.0 Å². The topological polar surface area (TPSA) is 52.2 Å². The molecule has 0 bridgehead atoms. The van der Waals surface area contributed by atoms with Gasteiger partial charge in [-0.1, -0.05) is 56.5 Å². The molecule has 0 aliphatic carbocycles. The largest absolute Gasteiger partial charge is 0.340 e. The van der Waals surface area contributed by atoms with Crippen LogP contribution in [0.2, 0.25) is 0 Å². The van der Waals surface area contributed by atoms with E-state index in [4.69, 9.17) is 4.98 Å². The summed E-state index contributed by atoms with van der Waals surface area (Å²) < 4.78 is 0. The number of unbranched alkanes of at least 4 members (excludes halogenated alkanes) is 3. The zero-order valence-corrected chi connectivity index (χ0v) is 16.7. The summed E-state index contributed by atoms with van der Waals surface area (Å²) in [6.07, 6.45) is 5.52. The Kier molecular flexibility index (Phi) is 7.04. The van der Waals surface area contributed by atoms with Gasteiger partial charge in [0.15, 0.2) is 0 Å². The number of benzene rings is 1. The van der Waals surface area contributed by atoms with Crippen LogP contribution in [0, 0.1) is 6.92 Å². The van der Waals surface area contributed by atoms with E-state index in [9.17, 15) is 4.79 Å². The predicted molar refractivity (Wildman–Crippen MR) is 111 cm³/mol. The summed E-state index contributed by atoms with van der Waals surface area (Å²) >= 11 is 0. The Morgan fingerprint density at radius 3 is 2.44 bits per heavy atom. The summed E-state index contributed by atoms with van der Waals surface area (Å²) in [5.41, 5.74) is 3.14. The molecule has 2 heterocycles. The summed E-state index contributed by atoms with van der Waals surface area (Å²) in [6.45, 7) is 8.91. The predicted octanol–water partition coefficient (Wildman–Crippen LogP) is 3.52. The van der Waals surface area contributed by atoms with Crippen molar-refractivity contribution < 1.29 is 0 Å². The van der Waals surface area contributed by atoms with Crippen molar-refractivity contribution >= 4 is 5.95 Å². The molecule has 1 fully saturated rings. The molecule has 1 aromatic carbocycles. The molecule has 1 N–H and O–H groups in total. The Labute approximate surface area is 162 Å². The van der Waals surface area contributed by atoms with Crippen molar-refractivity contribution in [3.63, 3.8) is 0 Å². The smallest absolute Gasteiger partial charge is 0.255 e. The highest BCUT2D eigenvalue weighted by molar-refractivity contribution is 5.34. The molecule has 2 aromatic rings. The Hall–Kier alpha value is -2.14. The maximum Gasteiger partial charge on any atom is 0.255 e. The third kappa shape index (κ3) is 5.42. The maximum absolute atomic E-state index is 12.5. The molecular weight excluding hydrogens is 336 g/mol. The van der Waals surface area contributed by atoms with Crippen LogP contribution in [0.3, 0.4) is 0 Å². The second-order valence-electron chi connectivity index (χ2n) is 7.51. The minimum atomic E-state index is 0.0423. The van der Waals surface area contributed by atoms with E-state index in [1.807, 2.05) is 6.92 Å². The molecule has 1 aliphatic rings. The molecule has 1 saturated heterocycles. The number of aromatic amines is 1. The quantitative estimate of drug-likeness (QED) is 0.724. The molecule has 146 valence electrons. The number of piperazine rings is 1. The number of hydrogen-bond acceptors (Lipinski definition) is 4. The Morgan fingerprint density at radius 2 is 1.78 bits per heavy atom. The molecule has 0 atom stereocenters. The molecule has 1 aromatic heterocycles. The van der Waals surface area contributed by atoms with Gasteiger partial charge in [0.1, 0.15) is 0 Å². The summed E-state index contributed by atoms with van der Waals surface area (Å²) in [4.78, 5) is 25.0. The number of anilines is 1. The SMILES string of the molecule is CCCCCCc1c(C)nc(N2CCN(Cc3ccccc3)CC2)[nH]c1=O. The molecule has 0 spiro atoms. The summed E-state index contributed by atoms with van der Waals surface area (Å²) in [6, 6.07) is 10.6. The van der Waals surface area contributed by atoms with Crippen molar-refractivity contribution in [2.24, 2.45) is 0 Å². The number of nitrogens with zero attached hydrogens (tertiary/aromatic N) is 3. The van der Waals surface area contributed by atoms with Crippen LogP contribution >= 0.6 is 0 Å². The molecule has 0 saturated carbocycles. The third-order valence-electron chi connectivity index (χ3n) is 5.41. The lowest BCUT2D eigenvalue weighted by molar-refractivity contribution is 0.248. The van der Waals surface area contributed by atoms with Gasteiger partial charge in [-0.2, -0.15) is 0 Å². The number of H-pyrrole nitrogens is 1. The van der Waals surface area contributed by atoms with Crippen molar-refractivity contribution in [1.29, 1.82) is 0 Å². The lowest BCUT2D eigenvalue weighted by Gasteiger charge is -2.35. The number of nitrogens with one attached hydrogen (secondary N) is 1. The molecule has 0 radical (unpaired) electrons. The average molecular weight is 369 g/mol. The van der Waals surface area contributed by atoms with Gasteiger partial charge >= 0.3 is 0 Å². The minimum absolute atomic E-state index is 0.0423. The van der Waals surface area contributed by atoms with Gasteiger partial charge in [-0.25, -0.2) is 4.98 Å².